The van der Waals surface area contributed by atoms with Crippen LogP contribution in [0.4, 0.5) is 5.82 Å². The number of carboxylic acid groups (broad SMARTS) is 1. The Balaban J connectivity index is 1.32. The lowest BCUT2D eigenvalue weighted by molar-refractivity contribution is 0.0695. The maximum absolute atomic E-state index is 12.0. The van der Waals surface area contributed by atoms with Crippen LogP contribution in [0.25, 0.3) is 0 Å². The third-order valence-corrected chi connectivity index (χ3v) is 7.09. The van der Waals surface area contributed by atoms with Gasteiger partial charge in [-0.1, -0.05) is 51.1 Å². The predicted octanol–water partition coefficient (Wildman–Crippen LogP) is 4.95. The monoisotopic (exact) mass is 501 g/mol. The van der Waals surface area contributed by atoms with Crippen LogP contribution in [0, 0.1) is 6.92 Å². The van der Waals surface area contributed by atoms with Gasteiger partial charge in [0.25, 0.3) is 0 Å². The second kappa shape index (κ2) is 12.3. The van der Waals surface area contributed by atoms with Crippen molar-refractivity contribution in [3.63, 3.8) is 0 Å². The number of carbonyl (C=O) groups is 1. The first-order chi connectivity index (χ1) is 17.8. The minimum atomic E-state index is -0.897. The number of aryl methyl sites for hydroxylation is 1. The van der Waals surface area contributed by atoms with Crippen LogP contribution >= 0.6 is 0 Å². The number of benzene rings is 1. The van der Waals surface area contributed by atoms with Crippen molar-refractivity contribution >= 4 is 11.8 Å². The Kier molecular flexibility index (Phi) is 8.90. The number of pyridine rings is 2. The number of hydrogen-bond donors (Lipinski definition) is 1. The molecule has 0 spiro atoms. The van der Waals surface area contributed by atoms with Crippen molar-refractivity contribution in [2.24, 2.45) is 0 Å². The zero-order valence-corrected chi connectivity index (χ0v) is 22.5. The van der Waals surface area contributed by atoms with Crippen molar-refractivity contribution < 1.29 is 9.90 Å². The average Bonchev–Trinajstić information content (AvgIpc) is 2.89. The summed E-state index contributed by atoms with van der Waals surface area (Å²) in [6, 6.07) is 17.0. The third kappa shape index (κ3) is 6.93. The van der Waals surface area contributed by atoms with Gasteiger partial charge in [0.05, 0.1) is 5.69 Å². The zero-order chi connectivity index (χ0) is 26.4. The van der Waals surface area contributed by atoms with E-state index in [4.69, 9.17) is 0 Å². The molecule has 1 fully saturated rings. The summed E-state index contributed by atoms with van der Waals surface area (Å²) in [4.78, 5) is 28.1. The molecular formula is C30H39N5O2. The third-order valence-electron chi connectivity index (χ3n) is 7.09. The second-order valence-electron chi connectivity index (χ2n) is 10.2. The Morgan fingerprint density at radius 3 is 2.32 bits per heavy atom. The predicted molar refractivity (Wildman–Crippen MR) is 148 cm³/mol. The van der Waals surface area contributed by atoms with E-state index in [1.807, 2.05) is 32.9 Å². The Morgan fingerprint density at radius 1 is 1.00 bits per heavy atom. The Morgan fingerprint density at radius 2 is 1.70 bits per heavy atom. The maximum Gasteiger partial charge on any atom is 0.339 e. The van der Waals surface area contributed by atoms with Crippen molar-refractivity contribution in [3.8, 4) is 0 Å². The summed E-state index contributed by atoms with van der Waals surface area (Å²) in [5.74, 6) is -0.157. The SMILES string of the molecule is CCN(Cc1ccc(CN2CCN(c3nccc(C(C)C)c3C(=O)O)CC2)cc1)Cc1cccc(C)n1. The molecule has 1 saturated heterocycles. The van der Waals surface area contributed by atoms with Gasteiger partial charge in [0.1, 0.15) is 11.4 Å². The fraction of sp³-hybridized carbons (Fsp3) is 0.433. The topological polar surface area (TPSA) is 72.8 Å². The van der Waals surface area contributed by atoms with Crippen molar-refractivity contribution in [1.82, 2.24) is 19.8 Å². The summed E-state index contributed by atoms with van der Waals surface area (Å²) in [7, 11) is 0. The van der Waals surface area contributed by atoms with E-state index in [-0.39, 0.29) is 5.92 Å². The number of aromatic carboxylic acids is 1. The van der Waals surface area contributed by atoms with Gasteiger partial charge in [-0.25, -0.2) is 9.78 Å². The van der Waals surface area contributed by atoms with Gasteiger partial charge >= 0.3 is 5.97 Å². The molecule has 196 valence electrons. The van der Waals surface area contributed by atoms with Gasteiger partial charge in [-0.05, 0) is 54.3 Å². The van der Waals surface area contributed by atoms with Gasteiger partial charge in [-0.2, -0.15) is 0 Å². The van der Waals surface area contributed by atoms with Crippen LogP contribution < -0.4 is 4.90 Å². The van der Waals surface area contributed by atoms with E-state index in [2.05, 4.69) is 68.0 Å². The number of anilines is 1. The Bertz CT molecular complexity index is 1190. The molecule has 1 aliphatic rings. The van der Waals surface area contributed by atoms with Crippen LogP contribution in [0.3, 0.4) is 0 Å². The first-order valence-electron chi connectivity index (χ1n) is 13.3. The lowest BCUT2D eigenvalue weighted by Crippen LogP contribution is -2.46. The van der Waals surface area contributed by atoms with E-state index < -0.39 is 5.97 Å². The molecule has 7 heteroatoms. The van der Waals surface area contributed by atoms with Crippen LogP contribution in [0.2, 0.25) is 0 Å². The fourth-order valence-corrected chi connectivity index (χ4v) is 4.99. The summed E-state index contributed by atoms with van der Waals surface area (Å²) >= 11 is 0. The van der Waals surface area contributed by atoms with Crippen molar-refractivity contribution in [2.45, 2.75) is 53.2 Å². The van der Waals surface area contributed by atoms with Crippen LogP contribution in [0.15, 0.2) is 54.7 Å². The van der Waals surface area contributed by atoms with Crippen molar-refractivity contribution in [1.29, 1.82) is 0 Å². The minimum absolute atomic E-state index is 0.140. The van der Waals surface area contributed by atoms with Gasteiger partial charge in [-0.15, -0.1) is 0 Å². The smallest absolute Gasteiger partial charge is 0.339 e. The summed E-state index contributed by atoms with van der Waals surface area (Å²) in [6.45, 7) is 15.2. The molecule has 1 N–H and O–H groups in total. The van der Waals surface area contributed by atoms with E-state index in [1.54, 1.807) is 6.20 Å². The molecule has 2 aromatic heterocycles. The highest BCUT2D eigenvalue weighted by molar-refractivity contribution is 5.95. The Hall–Kier alpha value is -3.29. The number of carboxylic acids is 1. The molecular weight excluding hydrogens is 462 g/mol. The first kappa shape index (κ1) is 26.8. The lowest BCUT2D eigenvalue weighted by atomic mass is 9.98. The second-order valence-corrected chi connectivity index (χ2v) is 10.2. The highest BCUT2D eigenvalue weighted by Gasteiger charge is 2.25. The fourth-order valence-electron chi connectivity index (χ4n) is 4.99. The molecule has 0 radical (unpaired) electrons. The summed E-state index contributed by atoms with van der Waals surface area (Å²) in [6.07, 6.45) is 1.74. The van der Waals surface area contributed by atoms with Crippen molar-refractivity contribution in [2.75, 3.05) is 37.6 Å². The maximum atomic E-state index is 12.0. The first-order valence-corrected chi connectivity index (χ1v) is 13.3. The van der Waals surface area contributed by atoms with Crippen LogP contribution in [0.1, 0.15) is 65.1 Å². The number of aromatic nitrogens is 2. The number of piperazine rings is 1. The quantitative estimate of drug-likeness (QED) is 0.421. The molecule has 0 unspecified atom stereocenters. The molecule has 7 nitrogen and oxygen atoms in total. The van der Waals surface area contributed by atoms with E-state index in [9.17, 15) is 9.90 Å². The lowest BCUT2D eigenvalue weighted by Gasteiger charge is -2.36. The van der Waals surface area contributed by atoms with Crippen LogP contribution in [0.5, 0.6) is 0 Å². The van der Waals surface area contributed by atoms with Crippen molar-refractivity contribution in [3.05, 3.63) is 88.4 Å². The molecule has 3 aromatic rings. The zero-order valence-electron chi connectivity index (χ0n) is 22.5. The van der Waals surface area contributed by atoms with Gasteiger partial charge < -0.3 is 10.0 Å². The van der Waals surface area contributed by atoms with Gasteiger partial charge in [0.2, 0.25) is 0 Å². The highest BCUT2D eigenvalue weighted by Crippen LogP contribution is 2.28. The van der Waals surface area contributed by atoms with Gasteiger partial charge in [0, 0.05) is 57.7 Å². The summed E-state index contributed by atoms with van der Waals surface area (Å²) < 4.78 is 0. The van der Waals surface area contributed by atoms with E-state index in [0.29, 0.717) is 11.4 Å². The van der Waals surface area contributed by atoms with Crippen LogP contribution in [-0.4, -0.2) is 63.6 Å². The minimum Gasteiger partial charge on any atom is -0.478 e. The molecule has 0 atom stereocenters. The number of hydrogen-bond acceptors (Lipinski definition) is 6. The van der Waals surface area contributed by atoms with Gasteiger partial charge in [0.15, 0.2) is 0 Å². The van der Waals surface area contributed by atoms with Crippen LogP contribution in [-0.2, 0) is 19.6 Å². The van der Waals surface area contributed by atoms with E-state index in [0.717, 1.165) is 69.3 Å². The molecule has 4 rings (SSSR count). The van der Waals surface area contributed by atoms with E-state index >= 15 is 0 Å². The highest BCUT2D eigenvalue weighted by atomic mass is 16.4. The molecule has 0 amide bonds. The molecule has 1 aliphatic heterocycles. The normalized spacial score (nSPS) is 14.5. The number of nitrogens with zero attached hydrogens (tertiary/aromatic N) is 5. The molecule has 3 heterocycles. The molecule has 0 saturated carbocycles. The average molecular weight is 502 g/mol. The Labute approximate surface area is 220 Å². The molecule has 0 bridgehead atoms. The molecule has 0 aliphatic carbocycles. The largest absolute Gasteiger partial charge is 0.478 e. The van der Waals surface area contributed by atoms with Gasteiger partial charge in [-0.3, -0.25) is 14.8 Å². The molecule has 1 aromatic carbocycles. The summed E-state index contributed by atoms with van der Waals surface area (Å²) in [5, 5.41) is 9.87. The number of rotatable bonds is 10. The van der Waals surface area contributed by atoms with E-state index in [1.165, 1.54) is 11.1 Å². The summed E-state index contributed by atoms with van der Waals surface area (Å²) in [5.41, 5.74) is 5.96. The molecule has 37 heavy (non-hydrogen) atoms. The standard InChI is InChI=1S/C30H39N5O2/c1-5-33(21-26-8-6-7-23(4)32-26)19-24-9-11-25(12-10-24)20-34-15-17-35(18-16-34)29-28(30(36)37)27(22(2)3)13-14-31-29/h6-14,22H,5,15-21H2,1-4H3,(H,36,37).